The van der Waals surface area contributed by atoms with Crippen LogP contribution in [0.5, 0.6) is 0 Å². The molecule has 0 atom stereocenters. The van der Waals surface area contributed by atoms with E-state index in [-0.39, 0.29) is 0 Å². The van der Waals surface area contributed by atoms with Crippen molar-refractivity contribution in [3.8, 4) is 34.2 Å². The van der Waals surface area contributed by atoms with E-state index in [1.165, 1.54) is 0 Å². The third kappa shape index (κ3) is 3.13. The van der Waals surface area contributed by atoms with Gasteiger partial charge in [-0.15, -0.1) is 0 Å². The van der Waals surface area contributed by atoms with Gasteiger partial charge < -0.3 is 5.73 Å². The van der Waals surface area contributed by atoms with E-state index in [1.807, 2.05) is 36.4 Å². The molecule has 3 aromatic heterocycles. The second-order valence-corrected chi connectivity index (χ2v) is 5.44. The summed E-state index contributed by atoms with van der Waals surface area (Å²) in [5, 5.41) is 7.20. The van der Waals surface area contributed by atoms with Crippen LogP contribution in [0.1, 0.15) is 5.56 Å². The highest BCUT2D eigenvalue weighted by Crippen LogP contribution is 2.21. The molecule has 1 aromatic carbocycles. The van der Waals surface area contributed by atoms with Gasteiger partial charge in [-0.25, -0.2) is 9.97 Å². The SMILES string of the molecule is NCc1ccc(-c2n[nH]c(-c3cncc(-c4cccnc4)n3)n2)cc1. The fourth-order valence-corrected chi connectivity index (χ4v) is 2.43. The van der Waals surface area contributed by atoms with Gasteiger partial charge in [0.05, 0.1) is 18.1 Å². The quantitative estimate of drug-likeness (QED) is 0.595. The van der Waals surface area contributed by atoms with E-state index >= 15 is 0 Å². The minimum Gasteiger partial charge on any atom is -0.326 e. The molecule has 0 aliphatic rings. The third-order valence-electron chi connectivity index (χ3n) is 3.77. The molecule has 0 saturated carbocycles. The van der Waals surface area contributed by atoms with Gasteiger partial charge in [-0.2, -0.15) is 5.10 Å². The zero-order valence-corrected chi connectivity index (χ0v) is 13.3. The number of hydrogen-bond acceptors (Lipinski definition) is 6. The molecule has 3 heterocycles. The number of H-pyrrole nitrogens is 1. The number of rotatable bonds is 4. The lowest BCUT2D eigenvalue weighted by molar-refractivity contribution is 1.07. The smallest absolute Gasteiger partial charge is 0.181 e. The van der Waals surface area contributed by atoms with Crippen LogP contribution < -0.4 is 5.73 Å². The van der Waals surface area contributed by atoms with Crippen LogP contribution in [-0.4, -0.2) is 30.1 Å². The molecule has 3 N–H and O–H groups in total. The number of nitrogens with zero attached hydrogens (tertiary/aromatic N) is 5. The summed E-state index contributed by atoms with van der Waals surface area (Å²) in [6.07, 6.45) is 6.82. The first kappa shape index (κ1) is 15.1. The predicted molar refractivity (Wildman–Crippen MR) is 94.0 cm³/mol. The van der Waals surface area contributed by atoms with E-state index in [1.54, 1.807) is 24.8 Å². The number of hydrogen-bond donors (Lipinski definition) is 2. The number of aromatic amines is 1. The Morgan fingerprint density at radius 2 is 1.68 bits per heavy atom. The molecule has 7 nitrogen and oxygen atoms in total. The molecule has 0 spiro atoms. The Bertz CT molecular complexity index is 978. The van der Waals surface area contributed by atoms with Gasteiger partial charge in [-0.05, 0) is 17.7 Å². The van der Waals surface area contributed by atoms with Crippen molar-refractivity contribution in [3.05, 3.63) is 66.7 Å². The Balaban J connectivity index is 1.66. The molecule has 25 heavy (non-hydrogen) atoms. The van der Waals surface area contributed by atoms with Gasteiger partial charge >= 0.3 is 0 Å². The highest BCUT2D eigenvalue weighted by atomic mass is 15.2. The lowest BCUT2D eigenvalue weighted by Gasteiger charge is -2.01. The fourth-order valence-electron chi connectivity index (χ4n) is 2.43. The molecule has 0 bridgehead atoms. The molecular formula is C18H15N7. The van der Waals surface area contributed by atoms with Crippen LogP contribution >= 0.6 is 0 Å². The van der Waals surface area contributed by atoms with E-state index in [9.17, 15) is 0 Å². The second kappa shape index (κ2) is 6.58. The van der Waals surface area contributed by atoms with Gasteiger partial charge in [0.15, 0.2) is 11.6 Å². The molecule has 0 radical (unpaired) electrons. The summed E-state index contributed by atoms with van der Waals surface area (Å²) >= 11 is 0. The lowest BCUT2D eigenvalue weighted by atomic mass is 10.1. The summed E-state index contributed by atoms with van der Waals surface area (Å²) in [5.74, 6) is 1.17. The zero-order valence-electron chi connectivity index (χ0n) is 13.3. The Morgan fingerprint density at radius 1 is 0.840 bits per heavy atom. The van der Waals surface area contributed by atoms with Crippen molar-refractivity contribution in [2.24, 2.45) is 5.73 Å². The van der Waals surface area contributed by atoms with Gasteiger partial charge in [0, 0.05) is 30.1 Å². The molecule has 4 rings (SSSR count). The monoisotopic (exact) mass is 329 g/mol. The van der Waals surface area contributed by atoms with Crippen LogP contribution in [-0.2, 0) is 6.54 Å². The summed E-state index contributed by atoms with van der Waals surface area (Å²) in [5.41, 5.74) is 9.85. The maximum absolute atomic E-state index is 5.62. The maximum atomic E-state index is 5.62. The van der Waals surface area contributed by atoms with Gasteiger partial charge in [-0.1, -0.05) is 24.3 Å². The van der Waals surface area contributed by atoms with E-state index in [0.29, 0.717) is 23.9 Å². The Labute approximate surface area is 144 Å². The molecule has 0 amide bonds. The van der Waals surface area contributed by atoms with Crippen molar-refractivity contribution in [1.29, 1.82) is 0 Å². The summed E-state index contributed by atoms with van der Waals surface area (Å²) < 4.78 is 0. The first-order chi connectivity index (χ1) is 12.3. The zero-order chi connectivity index (χ0) is 17.1. The summed E-state index contributed by atoms with van der Waals surface area (Å²) in [6.45, 7) is 0.510. The molecular weight excluding hydrogens is 314 g/mol. The van der Waals surface area contributed by atoms with Crippen LogP contribution in [0.4, 0.5) is 0 Å². The highest BCUT2D eigenvalue weighted by Gasteiger charge is 2.10. The minimum atomic E-state index is 0.510. The van der Waals surface area contributed by atoms with Crippen LogP contribution in [0.25, 0.3) is 34.2 Å². The van der Waals surface area contributed by atoms with Gasteiger partial charge in [-0.3, -0.25) is 15.1 Å². The third-order valence-corrected chi connectivity index (χ3v) is 3.77. The maximum Gasteiger partial charge on any atom is 0.181 e. The molecule has 0 aliphatic heterocycles. The van der Waals surface area contributed by atoms with Crippen LogP contribution in [0, 0.1) is 0 Å². The highest BCUT2D eigenvalue weighted by molar-refractivity contribution is 5.62. The van der Waals surface area contributed by atoms with E-state index in [0.717, 1.165) is 22.4 Å². The topological polar surface area (TPSA) is 106 Å². The van der Waals surface area contributed by atoms with Crippen molar-refractivity contribution < 1.29 is 0 Å². The van der Waals surface area contributed by atoms with Gasteiger partial charge in [0.2, 0.25) is 0 Å². The first-order valence-electron chi connectivity index (χ1n) is 7.78. The Kier molecular flexibility index (Phi) is 3.97. The minimum absolute atomic E-state index is 0.510. The molecule has 0 fully saturated rings. The van der Waals surface area contributed by atoms with Crippen molar-refractivity contribution in [3.63, 3.8) is 0 Å². The largest absolute Gasteiger partial charge is 0.326 e. The van der Waals surface area contributed by atoms with Gasteiger partial charge in [0.25, 0.3) is 0 Å². The average molecular weight is 329 g/mol. The van der Waals surface area contributed by atoms with Crippen LogP contribution in [0.15, 0.2) is 61.2 Å². The normalized spacial score (nSPS) is 10.8. The Morgan fingerprint density at radius 3 is 2.44 bits per heavy atom. The number of nitrogens with two attached hydrogens (primary N) is 1. The van der Waals surface area contributed by atoms with Crippen LogP contribution in [0.2, 0.25) is 0 Å². The number of nitrogens with one attached hydrogen (secondary N) is 1. The van der Waals surface area contributed by atoms with Gasteiger partial charge in [0.1, 0.15) is 5.69 Å². The summed E-state index contributed by atoms with van der Waals surface area (Å²) in [7, 11) is 0. The molecule has 0 aliphatic carbocycles. The van der Waals surface area contributed by atoms with Crippen molar-refractivity contribution in [2.45, 2.75) is 6.54 Å². The number of benzene rings is 1. The van der Waals surface area contributed by atoms with Crippen molar-refractivity contribution in [1.82, 2.24) is 30.1 Å². The number of aromatic nitrogens is 6. The standard InChI is InChI=1S/C18H15N7/c19-8-12-3-5-13(6-4-12)17-23-18(25-24-17)16-11-21-10-15(22-16)14-2-1-7-20-9-14/h1-7,9-11H,8,19H2,(H,23,24,25). The summed E-state index contributed by atoms with van der Waals surface area (Å²) in [6, 6.07) is 11.6. The first-order valence-corrected chi connectivity index (χ1v) is 7.78. The lowest BCUT2D eigenvalue weighted by Crippen LogP contribution is -1.95. The van der Waals surface area contributed by atoms with E-state index < -0.39 is 0 Å². The van der Waals surface area contributed by atoms with Crippen molar-refractivity contribution >= 4 is 0 Å². The molecule has 7 heteroatoms. The predicted octanol–water partition coefficient (Wildman–Crippen LogP) is 2.45. The van der Waals surface area contributed by atoms with E-state index in [2.05, 4.69) is 30.1 Å². The van der Waals surface area contributed by atoms with Crippen molar-refractivity contribution in [2.75, 3.05) is 0 Å². The molecule has 4 aromatic rings. The molecule has 0 saturated heterocycles. The van der Waals surface area contributed by atoms with E-state index in [4.69, 9.17) is 5.73 Å². The fraction of sp³-hybridized carbons (Fsp3) is 0.0556. The number of pyridine rings is 1. The average Bonchev–Trinajstić information content (AvgIpc) is 3.19. The van der Waals surface area contributed by atoms with Crippen LogP contribution in [0.3, 0.4) is 0 Å². The molecule has 0 unspecified atom stereocenters. The Hall–Kier alpha value is -3.45. The second-order valence-electron chi connectivity index (χ2n) is 5.44. The molecule has 122 valence electrons. The summed E-state index contributed by atoms with van der Waals surface area (Å²) in [4.78, 5) is 17.5.